The van der Waals surface area contributed by atoms with E-state index in [-0.39, 0.29) is 0 Å². The Bertz CT molecular complexity index is 776. The van der Waals surface area contributed by atoms with Crippen molar-refractivity contribution in [3.8, 4) is 17.2 Å². The molecular formula is C19H22N2O5. The van der Waals surface area contributed by atoms with Gasteiger partial charge in [-0.25, -0.2) is 0 Å². The molecule has 138 valence electrons. The molecule has 0 heterocycles. The van der Waals surface area contributed by atoms with Gasteiger partial charge in [0.15, 0.2) is 0 Å². The molecule has 2 aromatic carbocycles. The van der Waals surface area contributed by atoms with Crippen molar-refractivity contribution in [2.75, 3.05) is 33.2 Å². The minimum absolute atomic E-state index is 0.333. The van der Waals surface area contributed by atoms with Gasteiger partial charge in [-0.1, -0.05) is 12.1 Å². The molecule has 0 aromatic heterocycles. The SMILES string of the molecule is COc1cccc(CCNC(=O)C(=O)Nc2ccc(OC)cc2OC)c1. The lowest BCUT2D eigenvalue weighted by Crippen LogP contribution is -2.36. The zero-order valence-electron chi connectivity index (χ0n) is 15.0. The lowest BCUT2D eigenvalue weighted by atomic mass is 10.1. The normalized spacial score (nSPS) is 9.96. The van der Waals surface area contributed by atoms with Crippen LogP contribution < -0.4 is 24.8 Å². The summed E-state index contributed by atoms with van der Waals surface area (Å²) in [6.07, 6.45) is 0.585. The van der Waals surface area contributed by atoms with Crippen LogP contribution >= 0.6 is 0 Å². The predicted octanol–water partition coefficient (Wildman–Crippen LogP) is 2.01. The van der Waals surface area contributed by atoms with Crippen molar-refractivity contribution < 1.29 is 23.8 Å². The van der Waals surface area contributed by atoms with Gasteiger partial charge < -0.3 is 24.8 Å². The zero-order chi connectivity index (χ0) is 18.9. The molecule has 0 spiro atoms. The van der Waals surface area contributed by atoms with Gasteiger partial charge in [-0.05, 0) is 36.2 Å². The monoisotopic (exact) mass is 358 g/mol. The standard InChI is InChI=1S/C19H22N2O5/c1-24-14-6-4-5-13(11-14)9-10-20-18(22)19(23)21-16-8-7-15(25-2)12-17(16)26-3/h4-8,11-12H,9-10H2,1-3H3,(H,20,22)(H,21,23). The fourth-order valence-electron chi connectivity index (χ4n) is 2.31. The molecule has 0 saturated carbocycles. The van der Waals surface area contributed by atoms with Gasteiger partial charge in [0, 0.05) is 12.6 Å². The van der Waals surface area contributed by atoms with Gasteiger partial charge in [0.25, 0.3) is 0 Å². The van der Waals surface area contributed by atoms with Gasteiger partial charge in [0.2, 0.25) is 0 Å². The first-order valence-corrected chi connectivity index (χ1v) is 8.01. The molecule has 7 heteroatoms. The second-order valence-corrected chi connectivity index (χ2v) is 5.38. The van der Waals surface area contributed by atoms with E-state index >= 15 is 0 Å². The number of nitrogens with one attached hydrogen (secondary N) is 2. The molecular weight excluding hydrogens is 336 g/mol. The van der Waals surface area contributed by atoms with E-state index in [0.29, 0.717) is 30.2 Å². The smallest absolute Gasteiger partial charge is 0.313 e. The number of carbonyl (C=O) groups excluding carboxylic acids is 2. The predicted molar refractivity (Wildman–Crippen MR) is 97.9 cm³/mol. The van der Waals surface area contributed by atoms with Crippen molar-refractivity contribution in [3.63, 3.8) is 0 Å². The summed E-state index contributed by atoms with van der Waals surface area (Å²) in [7, 11) is 4.60. The number of anilines is 1. The number of hydrogen-bond donors (Lipinski definition) is 2. The largest absolute Gasteiger partial charge is 0.497 e. The zero-order valence-corrected chi connectivity index (χ0v) is 15.0. The molecule has 0 aliphatic carbocycles. The van der Waals surface area contributed by atoms with Crippen LogP contribution in [0.4, 0.5) is 5.69 Å². The summed E-state index contributed by atoms with van der Waals surface area (Å²) < 4.78 is 15.4. The van der Waals surface area contributed by atoms with E-state index in [9.17, 15) is 9.59 Å². The minimum atomic E-state index is -0.765. The number of rotatable bonds is 7. The quantitative estimate of drug-likeness (QED) is 0.740. The van der Waals surface area contributed by atoms with E-state index in [1.807, 2.05) is 24.3 Å². The maximum absolute atomic E-state index is 12.0. The Labute approximate surface area is 152 Å². The molecule has 0 radical (unpaired) electrons. The van der Waals surface area contributed by atoms with Crippen LogP contribution in [0.1, 0.15) is 5.56 Å². The Morgan fingerprint density at radius 2 is 1.62 bits per heavy atom. The Balaban J connectivity index is 1.88. The van der Waals surface area contributed by atoms with Crippen LogP contribution in [0, 0.1) is 0 Å². The van der Waals surface area contributed by atoms with Gasteiger partial charge in [0.1, 0.15) is 17.2 Å². The molecule has 0 aliphatic heterocycles. The van der Waals surface area contributed by atoms with Crippen molar-refractivity contribution in [1.29, 1.82) is 0 Å². The van der Waals surface area contributed by atoms with E-state index in [4.69, 9.17) is 14.2 Å². The second-order valence-electron chi connectivity index (χ2n) is 5.38. The Morgan fingerprint density at radius 1 is 0.885 bits per heavy atom. The van der Waals surface area contributed by atoms with Crippen molar-refractivity contribution in [2.24, 2.45) is 0 Å². The molecule has 2 amide bonds. The molecule has 0 aliphatic rings. The molecule has 26 heavy (non-hydrogen) atoms. The van der Waals surface area contributed by atoms with Crippen LogP contribution in [0.5, 0.6) is 17.2 Å². The molecule has 2 aromatic rings. The average molecular weight is 358 g/mol. The van der Waals surface area contributed by atoms with Crippen LogP contribution in [-0.4, -0.2) is 39.7 Å². The van der Waals surface area contributed by atoms with Crippen molar-refractivity contribution in [2.45, 2.75) is 6.42 Å². The number of ether oxygens (including phenoxy) is 3. The highest BCUT2D eigenvalue weighted by molar-refractivity contribution is 6.39. The summed E-state index contributed by atoms with van der Waals surface area (Å²) >= 11 is 0. The summed E-state index contributed by atoms with van der Waals surface area (Å²) in [5.74, 6) is 0.257. The molecule has 7 nitrogen and oxygen atoms in total. The van der Waals surface area contributed by atoms with E-state index in [1.54, 1.807) is 25.3 Å². The van der Waals surface area contributed by atoms with Crippen LogP contribution in [-0.2, 0) is 16.0 Å². The minimum Gasteiger partial charge on any atom is -0.497 e. The van der Waals surface area contributed by atoms with Crippen molar-refractivity contribution >= 4 is 17.5 Å². The Morgan fingerprint density at radius 3 is 2.31 bits per heavy atom. The highest BCUT2D eigenvalue weighted by Gasteiger charge is 2.16. The third-order valence-electron chi connectivity index (χ3n) is 3.70. The van der Waals surface area contributed by atoms with E-state index in [0.717, 1.165) is 11.3 Å². The molecule has 0 unspecified atom stereocenters. The van der Waals surface area contributed by atoms with Crippen LogP contribution in [0.3, 0.4) is 0 Å². The molecule has 0 bridgehead atoms. The molecule has 0 fully saturated rings. The average Bonchev–Trinajstić information content (AvgIpc) is 2.68. The third kappa shape index (κ3) is 5.14. The summed E-state index contributed by atoms with van der Waals surface area (Å²) in [5.41, 5.74) is 1.39. The van der Waals surface area contributed by atoms with Gasteiger partial charge in [-0.3, -0.25) is 9.59 Å². The lowest BCUT2D eigenvalue weighted by Gasteiger charge is -2.11. The first-order chi connectivity index (χ1) is 12.6. The highest BCUT2D eigenvalue weighted by Crippen LogP contribution is 2.28. The first-order valence-electron chi connectivity index (χ1n) is 8.01. The number of carbonyl (C=O) groups is 2. The van der Waals surface area contributed by atoms with Gasteiger partial charge in [-0.15, -0.1) is 0 Å². The van der Waals surface area contributed by atoms with E-state index in [2.05, 4.69) is 10.6 Å². The molecule has 2 rings (SSSR count). The lowest BCUT2D eigenvalue weighted by molar-refractivity contribution is -0.136. The molecule has 0 atom stereocenters. The van der Waals surface area contributed by atoms with Crippen LogP contribution in [0.2, 0.25) is 0 Å². The topological polar surface area (TPSA) is 85.9 Å². The Kier molecular flexibility index (Phi) is 6.84. The number of benzene rings is 2. The summed E-state index contributed by atoms with van der Waals surface area (Å²) in [5, 5.41) is 5.12. The Hall–Kier alpha value is -3.22. The maximum atomic E-state index is 12.0. The summed E-state index contributed by atoms with van der Waals surface area (Å²) in [4.78, 5) is 24.0. The number of hydrogen-bond acceptors (Lipinski definition) is 5. The van der Waals surface area contributed by atoms with Gasteiger partial charge in [-0.2, -0.15) is 0 Å². The van der Waals surface area contributed by atoms with Crippen molar-refractivity contribution in [1.82, 2.24) is 5.32 Å². The maximum Gasteiger partial charge on any atom is 0.313 e. The third-order valence-corrected chi connectivity index (χ3v) is 3.70. The second kappa shape index (κ2) is 9.31. The molecule has 0 saturated heterocycles. The first kappa shape index (κ1) is 19.1. The van der Waals surface area contributed by atoms with E-state index < -0.39 is 11.8 Å². The molecule has 2 N–H and O–H groups in total. The number of methoxy groups -OCH3 is 3. The van der Waals surface area contributed by atoms with Gasteiger partial charge >= 0.3 is 11.8 Å². The van der Waals surface area contributed by atoms with Gasteiger partial charge in [0.05, 0.1) is 27.0 Å². The van der Waals surface area contributed by atoms with Crippen molar-refractivity contribution in [3.05, 3.63) is 48.0 Å². The van der Waals surface area contributed by atoms with Crippen LogP contribution in [0.25, 0.3) is 0 Å². The highest BCUT2D eigenvalue weighted by atomic mass is 16.5. The fraction of sp³-hybridized carbons (Fsp3) is 0.263. The van der Waals surface area contributed by atoms with Crippen LogP contribution in [0.15, 0.2) is 42.5 Å². The number of amides is 2. The van der Waals surface area contributed by atoms with E-state index in [1.165, 1.54) is 14.2 Å². The fourth-order valence-corrected chi connectivity index (χ4v) is 2.31. The summed E-state index contributed by atoms with van der Waals surface area (Å²) in [6, 6.07) is 12.4. The summed E-state index contributed by atoms with van der Waals surface area (Å²) in [6.45, 7) is 0.333.